The van der Waals surface area contributed by atoms with Crippen LogP contribution in [0.15, 0.2) is 0 Å². The van der Waals surface area contributed by atoms with Gasteiger partial charge in [-0.25, -0.2) is 0 Å². The second-order valence-electron chi connectivity index (χ2n) is 4.22. The molecule has 0 aromatic carbocycles. The van der Waals surface area contributed by atoms with Gasteiger partial charge in [0.25, 0.3) is 0 Å². The quantitative estimate of drug-likeness (QED) is 0.367. The second-order valence-corrected chi connectivity index (χ2v) is 5.22. The molecule has 14 heavy (non-hydrogen) atoms. The summed E-state index contributed by atoms with van der Waals surface area (Å²) in [5.41, 5.74) is 0. The highest BCUT2D eigenvalue weighted by Gasteiger charge is 1.92. The lowest BCUT2D eigenvalue weighted by Gasteiger charge is -2.01. The lowest BCUT2D eigenvalue weighted by atomic mass is 10.1. The standard InChI is InChI=1S/C12H27FSi/c13-11-9-7-5-3-1-2-4-6-8-10-12-14/h1-12H2,14H3. The number of unbranched alkanes of at least 4 members (excludes halogenated alkanes) is 9. The first-order chi connectivity index (χ1) is 6.91. The van der Waals surface area contributed by atoms with Gasteiger partial charge in [-0.15, -0.1) is 0 Å². The van der Waals surface area contributed by atoms with Crippen molar-refractivity contribution in [1.82, 2.24) is 0 Å². The van der Waals surface area contributed by atoms with Gasteiger partial charge in [0.15, 0.2) is 0 Å². The molecule has 0 nitrogen and oxygen atoms in total. The van der Waals surface area contributed by atoms with Gasteiger partial charge in [0.2, 0.25) is 0 Å². The van der Waals surface area contributed by atoms with E-state index in [1.807, 2.05) is 0 Å². The smallest absolute Gasteiger partial charge is 0.0894 e. The Morgan fingerprint density at radius 2 is 0.929 bits per heavy atom. The third-order valence-corrected chi connectivity index (χ3v) is 3.44. The number of hydrogen-bond acceptors (Lipinski definition) is 0. The van der Waals surface area contributed by atoms with E-state index in [-0.39, 0.29) is 6.67 Å². The third-order valence-electron chi connectivity index (χ3n) is 2.74. The molecular weight excluding hydrogens is 191 g/mol. The largest absolute Gasteiger partial charge is 0.251 e. The zero-order valence-electron chi connectivity index (χ0n) is 9.86. The van der Waals surface area contributed by atoms with Gasteiger partial charge in [0.05, 0.1) is 6.67 Å². The Morgan fingerprint density at radius 3 is 1.29 bits per heavy atom. The molecule has 0 saturated heterocycles. The minimum Gasteiger partial charge on any atom is -0.251 e. The lowest BCUT2D eigenvalue weighted by molar-refractivity contribution is 0.449. The van der Waals surface area contributed by atoms with E-state index in [4.69, 9.17) is 0 Å². The molecular formula is C12H27FSi. The van der Waals surface area contributed by atoms with E-state index >= 15 is 0 Å². The van der Waals surface area contributed by atoms with Crippen molar-refractivity contribution in [2.24, 2.45) is 0 Å². The first-order valence-electron chi connectivity index (χ1n) is 6.47. The van der Waals surface area contributed by atoms with E-state index in [0.717, 1.165) is 12.8 Å². The van der Waals surface area contributed by atoms with Crippen molar-refractivity contribution in [3.63, 3.8) is 0 Å². The summed E-state index contributed by atoms with van der Waals surface area (Å²) in [6.45, 7) is -0.125. The van der Waals surface area contributed by atoms with Gasteiger partial charge in [0, 0.05) is 10.2 Å². The SMILES string of the molecule is FCCCCCCCCCCCC[SiH3]. The normalized spacial score (nSPS) is 10.9. The maximum Gasteiger partial charge on any atom is 0.0894 e. The van der Waals surface area contributed by atoms with E-state index in [0.29, 0.717) is 0 Å². The van der Waals surface area contributed by atoms with Crippen LogP contribution in [0.2, 0.25) is 6.04 Å². The Kier molecular flexibility index (Phi) is 13.3. The average molecular weight is 218 g/mol. The Labute approximate surface area is 92.1 Å². The number of halogens is 1. The van der Waals surface area contributed by atoms with E-state index in [2.05, 4.69) is 0 Å². The minimum absolute atomic E-state index is 0.125. The molecule has 0 aliphatic carbocycles. The van der Waals surface area contributed by atoms with Crippen LogP contribution in [0.3, 0.4) is 0 Å². The number of hydrogen-bond donors (Lipinski definition) is 0. The first kappa shape index (κ1) is 14.1. The zero-order valence-corrected chi connectivity index (χ0v) is 11.9. The fraction of sp³-hybridized carbons (Fsp3) is 1.00. The van der Waals surface area contributed by atoms with Crippen LogP contribution in [0, 0.1) is 0 Å². The first-order valence-corrected chi connectivity index (χ1v) is 7.89. The Balaban J connectivity index is 2.78. The summed E-state index contributed by atoms with van der Waals surface area (Å²) in [5.74, 6) is 0. The molecule has 0 radical (unpaired) electrons. The maximum atomic E-state index is 11.7. The molecule has 0 heterocycles. The van der Waals surface area contributed by atoms with Crippen molar-refractivity contribution in [3.05, 3.63) is 0 Å². The summed E-state index contributed by atoms with van der Waals surface area (Å²) in [7, 11) is 1.38. The fourth-order valence-corrected chi connectivity index (χ4v) is 2.26. The molecule has 0 N–H and O–H groups in total. The van der Waals surface area contributed by atoms with Crippen molar-refractivity contribution in [2.75, 3.05) is 6.67 Å². The van der Waals surface area contributed by atoms with Gasteiger partial charge in [0.1, 0.15) is 0 Å². The summed E-state index contributed by atoms with van der Waals surface area (Å²) in [6.07, 6.45) is 13.0. The molecule has 0 rings (SSSR count). The van der Waals surface area contributed by atoms with Crippen molar-refractivity contribution >= 4 is 10.2 Å². The van der Waals surface area contributed by atoms with Crippen LogP contribution in [0.5, 0.6) is 0 Å². The van der Waals surface area contributed by atoms with Crippen LogP contribution in [0.1, 0.15) is 64.2 Å². The van der Waals surface area contributed by atoms with E-state index < -0.39 is 0 Å². The van der Waals surface area contributed by atoms with Crippen LogP contribution in [-0.4, -0.2) is 16.9 Å². The molecule has 0 fully saturated rings. The van der Waals surface area contributed by atoms with Gasteiger partial charge in [-0.2, -0.15) is 0 Å². The molecule has 0 aromatic heterocycles. The van der Waals surface area contributed by atoms with Crippen LogP contribution >= 0.6 is 0 Å². The van der Waals surface area contributed by atoms with Crippen molar-refractivity contribution in [2.45, 2.75) is 70.3 Å². The van der Waals surface area contributed by atoms with Crippen LogP contribution in [-0.2, 0) is 0 Å². The summed E-state index contributed by atoms with van der Waals surface area (Å²) >= 11 is 0. The average Bonchev–Trinajstić information content (AvgIpc) is 2.21. The summed E-state index contributed by atoms with van der Waals surface area (Å²) in [6, 6.07) is 1.48. The molecule has 0 bridgehead atoms. The minimum atomic E-state index is -0.125. The highest BCUT2D eigenvalue weighted by molar-refractivity contribution is 6.08. The van der Waals surface area contributed by atoms with Crippen LogP contribution in [0.25, 0.3) is 0 Å². The van der Waals surface area contributed by atoms with Crippen LogP contribution in [0.4, 0.5) is 4.39 Å². The lowest BCUT2D eigenvalue weighted by Crippen LogP contribution is -1.82. The number of alkyl halides is 1. The van der Waals surface area contributed by atoms with Gasteiger partial charge >= 0.3 is 0 Å². The van der Waals surface area contributed by atoms with Crippen molar-refractivity contribution in [1.29, 1.82) is 0 Å². The Morgan fingerprint density at radius 1 is 0.571 bits per heavy atom. The fourth-order valence-electron chi connectivity index (χ4n) is 1.76. The van der Waals surface area contributed by atoms with E-state index in [1.54, 1.807) is 0 Å². The van der Waals surface area contributed by atoms with Gasteiger partial charge < -0.3 is 0 Å². The Hall–Kier alpha value is 0.147. The van der Waals surface area contributed by atoms with Crippen molar-refractivity contribution in [3.8, 4) is 0 Å². The summed E-state index contributed by atoms with van der Waals surface area (Å²) < 4.78 is 11.7. The molecule has 0 amide bonds. The highest BCUT2D eigenvalue weighted by Crippen LogP contribution is 2.10. The maximum absolute atomic E-state index is 11.7. The molecule has 2 heteroatoms. The van der Waals surface area contributed by atoms with Crippen LogP contribution < -0.4 is 0 Å². The molecule has 0 atom stereocenters. The number of rotatable bonds is 11. The summed E-state index contributed by atoms with van der Waals surface area (Å²) in [4.78, 5) is 0. The van der Waals surface area contributed by atoms with Gasteiger partial charge in [-0.05, 0) is 6.42 Å². The predicted molar refractivity (Wildman–Crippen MR) is 66.9 cm³/mol. The monoisotopic (exact) mass is 218 g/mol. The highest BCUT2D eigenvalue weighted by atomic mass is 28.1. The van der Waals surface area contributed by atoms with Gasteiger partial charge in [-0.1, -0.05) is 63.8 Å². The molecule has 86 valence electrons. The third kappa shape index (κ3) is 12.1. The molecule has 0 aliphatic heterocycles. The summed E-state index contributed by atoms with van der Waals surface area (Å²) in [5, 5.41) is 0. The molecule has 0 unspecified atom stereocenters. The predicted octanol–water partition coefficient (Wildman–Crippen LogP) is 3.64. The van der Waals surface area contributed by atoms with Gasteiger partial charge in [-0.3, -0.25) is 4.39 Å². The second kappa shape index (κ2) is 13.1. The molecule has 0 aromatic rings. The molecule has 0 spiro atoms. The van der Waals surface area contributed by atoms with E-state index in [9.17, 15) is 4.39 Å². The molecule has 0 saturated carbocycles. The van der Waals surface area contributed by atoms with Crippen molar-refractivity contribution < 1.29 is 4.39 Å². The van der Waals surface area contributed by atoms with E-state index in [1.165, 1.54) is 67.7 Å². The Bertz CT molecular complexity index is 84.3. The zero-order chi connectivity index (χ0) is 10.5. The molecule has 0 aliphatic rings. The topological polar surface area (TPSA) is 0 Å².